The Morgan fingerprint density at radius 2 is 2.04 bits per heavy atom. The van der Waals surface area contributed by atoms with E-state index in [9.17, 15) is 18.0 Å². The van der Waals surface area contributed by atoms with Crippen LogP contribution >= 0.6 is 0 Å². The SMILES string of the molecule is Cc1cc(C(=O)NCCn2nc(C(F)(F)F)c3c2CCCC3)c(C)o1. The van der Waals surface area contributed by atoms with Crippen molar-refractivity contribution in [1.82, 2.24) is 15.1 Å². The van der Waals surface area contributed by atoms with Gasteiger partial charge < -0.3 is 9.73 Å². The van der Waals surface area contributed by atoms with Crippen molar-refractivity contribution in [2.24, 2.45) is 0 Å². The lowest BCUT2D eigenvalue weighted by Gasteiger charge is -2.14. The van der Waals surface area contributed by atoms with Crippen molar-refractivity contribution in [1.29, 1.82) is 0 Å². The van der Waals surface area contributed by atoms with Crippen molar-refractivity contribution in [2.75, 3.05) is 6.54 Å². The van der Waals surface area contributed by atoms with E-state index in [0.29, 0.717) is 41.2 Å². The van der Waals surface area contributed by atoms with Gasteiger partial charge in [-0.2, -0.15) is 18.3 Å². The van der Waals surface area contributed by atoms with Crippen LogP contribution < -0.4 is 5.32 Å². The normalized spacial score (nSPS) is 14.4. The van der Waals surface area contributed by atoms with Crippen molar-refractivity contribution in [3.05, 3.63) is 40.1 Å². The van der Waals surface area contributed by atoms with Crippen LogP contribution in [-0.2, 0) is 25.6 Å². The van der Waals surface area contributed by atoms with Gasteiger partial charge in [0.1, 0.15) is 11.5 Å². The molecule has 0 radical (unpaired) electrons. The zero-order valence-electron chi connectivity index (χ0n) is 14.2. The van der Waals surface area contributed by atoms with Crippen LogP contribution in [0.5, 0.6) is 0 Å². The second-order valence-corrected chi connectivity index (χ2v) is 6.28. The van der Waals surface area contributed by atoms with Crippen LogP contribution in [0.4, 0.5) is 13.2 Å². The highest BCUT2D eigenvalue weighted by atomic mass is 19.4. The van der Waals surface area contributed by atoms with E-state index in [-0.39, 0.29) is 19.0 Å². The first kappa shape index (κ1) is 17.6. The number of nitrogens with one attached hydrogen (secondary N) is 1. The highest BCUT2D eigenvalue weighted by molar-refractivity contribution is 5.95. The third-order valence-corrected chi connectivity index (χ3v) is 4.42. The molecule has 3 rings (SSSR count). The molecule has 0 fully saturated rings. The summed E-state index contributed by atoms with van der Waals surface area (Å²) in [6.07, 6.45) is -1.84. The minimum Gasteiger partial charge on any atom is -0.466 e. The topological polar surface area (TPSA) is 60.1 Å². The molecule has 2 aromatic heterocycles. The van der Waals surface area contributed by atoms with Gasteiger partial charge in [-0.3, -0.25) is 9.48 Å². The average molecular weight is 355 g/mol. The Morgan fingerprint density at radius 1 is 1.32 bits per heavy atom. The Labute approximate surface area is 143 Å². The van der Waals surface area contributed by atoms with Crippen molar-refractivity contribution >= 4 is 5.91 Å². The minimum absolute atomic E-state index is 0.202. The molecule has 0 spiro atoms. The van der Waals surface area contributed by atoms with Gasteiger partial charge in [-0.25, -0.2) is 0 Å². The molecule has 0 saturated heterocycles. The van der Waals surface area contributed by atoms with E-state index in [2.05, 4.69) is 10.4 Å². The number of furan rings is 1. The molecule has 0 aromatic carbocycles. The summed E-state index contributed by atoms with van der Waals surface area (Å²) in [7, 11) is 0. The number of alkyl halides is 3. The van der Waals surface area contributed by atoms with Gasteiger partial charge in [-0.15, -0.1) is 0 Å². The number of hydrogen-bond donors (Lipinski definition) is 1. The molecule has 25 heavy (non-hydrogen) atoms. The van der Waals surface area contributed by atoms with E-state index in [1.807, 2.05) is 0 Å². The number of aromatic nitrogens is 2. The third-order valence-electron chi connectivity index (χ3n) is 4.42. The Kier molecular flexibility index (Phi) is 4.62. The molecule has 1 aliphatic rings. The summed E-state index contributed by atoms with van der Waals surface area (Å²) in [5, 5.41) is 6.49. The summed E-state index contributed by atoms with van der Waals surface area (Å²) in [6.45, 7) is 3.85. The van der Waals surface area contributed by atoms with E-state index in [1.54, 1.807) is 19.9 Å². The number of hydrogen-bond acceptors (Lipinski definition) is 3. The molecule has 8 heteroatoms. The number of carbonyl (C=O) groups excluding carboxylic acids is 1. The largest absolute Gasteiger partial charge is 0.466 e. The second kappa shape index (κ2) is 6.57. The van der Waals surface area contributed by atoms with Gasteiger partial charge in [0.05, 0.1) is 12.1 Å². The Hall–Kier alpha value is -2.25. The quantitative estimate of drug-likeness (QED) is 0.914. The van der Waals surface area contributed by atoms with Crippen molar-refractivity contribution in [3.63, 3.8) is 0 Å². The van der Waals surface area contributed by atoms with Gasteiger partial charge in [0.2, 0.25) is 0 Å². The van der Waals surface area contributed by atoms with E-state index >= 15 is 0 Å². The lowest BCUT2D eigenvalue weighted by molar-refractivity contribution is -0.142. The molecule has 5 nitrogen and oxygen atoms in total. The van der Waals surface area contributed by atoms with Crippen molar-refractivity contribution in [3.8, 4) is 0 Å². The van der Waals surface area contributed by atoms with E-state index in [0.717, 1.165) is 12.8 Å². The van der Waals surface area contributed by atoms with Crippen LogP contribution in [0.25, 0.3) is 0 Å². The summed E-state index contributed by atoms with van der Waals surface area (Å²) in [6, 6.07) is 1.64. The van der Waals surface area contributed by atoms with Crippen molar-refractivity contribution in [2.45, 2.75) is 52.3 Å². The first-order valence-electron chi connectivity index (χ1n) is 8.28. The zero-order chi connectivity index (χ0) is 18.2. The van der Waals surface area contributed by atoms with Gasteiger partial charge in [-0.1, -0.05) is 0 Å². The van der Waals surface area contributed by atoms with E-state index in [1.165, 1.54) is 4.68 Å². The third kappa shape index (κ3) is 3.57. The van der Waals surface area contributed by atoms with Crippen LogP contribution in [0.1, 0.15) is 51.7 Å². The predicted octanol–water partition coefficient (Wildman–Crippen LogP) is 3.42. The standard InChI is InChI=1S/C17H20F3N3O2/c1-10-9-13(11(2)25-10)16(24)21-7-8-23-14-6-4-3-5-12(14)15(22-23)17(18,19)20/h9H,3-8H2,1-2H3,(H,21,24). The van der Waals surface area contributed by atoms with Crippen LogP contribution in [0.2, 0.25) is 0 Å². The van der Waals surface area contributed by atoms with Crippen LogP contribution in [0.3, 0.4) is 0 Å². The van der Waals surface area contributed by atoms with Crippen LogP contribution in [0, 0.1) is 13.8 Å². The maximum Gasteiger partial charge on any atom is 0.435 e. The molecular weight excluding hydrogens is 335 g/mol. The Morgan fingerprint density at radius 3 is 2.68 bits per heavy atom. The molecule has 0 unspecified atom stereocenters. The number of aryl methyl sites for hydroxylation is 2. The average Bonchev–Trinajstić information content (AvgIpc) is 3.07. The molecule has 0 saturated carbocycles. The first-order chi connectivity index (χ1) is 11.8. The van der Waals surface area contributed by atoms with Crippen LogP contribution in [-0.4, -0.2) is 22.2 Å². The van der Waals surface area contributed by atoms with Gasteiger partial charge in [0.25, 0.3) is 5.91 Å². The highest BCUT2D eigenvalue weighted by Gasteiger charge is 2.39. The molecule has 1 amide bonds. The number of carbonyl (C=O) groups is 1. The van der Waals surface area contributed by atoms with Crippen LogP contribution in [0.15, 0.2) is 10.5 Å². The molecule has 0 bridgehead atoms. The summed E-state index contributed by atoms with van der Waals surface area (Å²) in [5.74, 6) is 0.857. The summed E-state index contributed by atoms with van der Waals surface area (Å²) in [4.78, 5) is 12.1. The number of rotatable bonds is 4. The molecule has 0 aliphatic heterocycles. The first-order valence-corrected chi connectivity index (χ1v) is 8.28. The molecular formula is C17H20F3N3O2. The number of nitrogens with zero attached hydrogens (tertiary/aromatic N) is 2. The number of amides is 1. The molecule has 2 heterocycles. The van der Waals surface area contributed by atoms with Gasteiger partial charge in [-0.05, 0) is 45.6 Å². The Balaban J connectivity index is 1.70. The predicted molar refractivity (Wildman–Crippen MR) is 84.4 cm³/mol. The monoisotopic (exact) mass is 355 g/mol. The molecule has 1 N–H and O–H groups in total. The van der Waals surface area contributed by atoms with Gasteiger partial charge in [0.15, 0.2) is 5.69 Å². The smallest absolute Gasteiger partial charge is 0.435 e. The molecule has 136 valence electrons. The van der Waals surface area contributed by atoms with E-state index < -0.39 is 11.9 Å². The van der Waals surface area contributed by atoms with Gasteiger partial charge in [0, 0.05) is 17.8 Å². The molecule has 0 atom stereocenters. The van der Waals surface area contributed by atoms with E-state index in [4.69, 9.17) is 4.42 Å². The highest BCUT2D eigenvalue weighted by Crippen LogP contribution is 2.35. The summed E-state index contributed by atoms with van der Waals surface area (Å²) >= 11 is 0. The Bertz CT molecular complexity index is 790. The fraction of sp³-hybridized carbons (Fsp3) is 0.529. The van der Waals surface area contributed by atoms with Crippen molar-refractivity contribution < 1.29 is 22.4 Å². The molecule has 1 aliphatic carbocycles. The fourth-order valence-electron chi connectivity index (χ4n) is 3.31. The number of halogens is 3. The maximum atomic E-state index is 13.2. The minimum atomic E-state index is -4.44. The van der Waals surface area contributed by atoms with Gasteiger partial charge >= 0.3 is 6.18 Å². The lowest BCUT2D eigenvalue weighted by Crippen LogP contribution is -2.28. The lowest BCUT2D eigenvalue weighted by atomic mass is 9.95. The molecule has 2 aromatic rings. The zero-order valence-corrected chi connectivity index (χ0v) is 14.2. The fourth-order valence-corrected chi connectivity index (χ4v) is 3.31. The maximum absolute atomic E-state index is 13.2. The number of fused-ring (bicyclic) bond motifs is 1. The second-order valence-electron chi connectivity index (χ2n) is 6.28. The summed E-state index contributed by atoms with van der Waals surface area (Å²) in [5.41, 5.74) is 0.611. The summed E-state index contributed by atoms with van der Waals surface area (Å²) < 4.78 is 46.2.